The lowest BCUT2D eigenvalue weighted by atomic mass is 9.86. The van der Waals surface area contributed by atoms with Crippen LogP contribution in [0.1, 0.15) is 49.1 Å². The molecule has 1 amide bonds. The van der Waals surface area contributed by atoms with Gasteiger partial charge in [-0.3, -0.25) is 9.48 Å². The molecule has 2 fully saturated rings. The van der Waals surface area contributed by atoms with Crippen LogP contribution in [-0.4, -0.2) is 15.7 Å². The topological polar surface area (TPSA) is 46.9 Å². The van der Waals surface area contributed by atoms with E-state index < -0.39 is 0 Å². The number of hydrogen-bond acceptors (Lipinski definition) is 2. The van der Waals surface area contributed by atoms with E-state index in [0.717, 1.165) is 34.5 Å². The van der Waals surface area contributed by atoms with Crippen LogP contribution in [0.4, 0.5) is 5.69 Å². The van der Waals surface area contributed by atoms with Crippen LogP contribution >= 0.6 is 23.2 Å². The van der Waals surface area contributed by atoms with Crippen molar-refractivity contribution in [1.82, 2.24) is 9.78 Å². The van der Waals surface area contributed by atoms with Crippen molar-refractivity contribution in [2.75, 3.05) is 5.32 Å². The molecule has 3 unspecified atom stereocenters. The Morgan fingerprint density at radius 3 is 2.70 bits per heavy atom. The van der Waals surface area contributed by atoms with Gasteiger partial charge in [0.05, 0.1) is 33.7 Å². The molecule has 6 heteroatoms. The molecule has 27 heavy (non-hydrogen) atoms. The number of nitrogens with zero attached hydrogens (tertiary/aromatic N) is 2. The van der Waals surface area contributed by atoms with Gasteiger partial charge in [-0.1, -0.05) is 35.7 Å². The molecule has 0 aliphatic heterocycles. The van der Waals surface area contributed by atoms with E-state index in [-0.39, 0.29) is 5.91 Å². The maximum absolute atomic E-state index is 12.6. The largest absolute Gasteiger partial charge is 0.323 e. The minimum atomic E-state index is 0.118. The summed E-state index contributed by atoms with van der Waals surface area (Å²) in [5.41, 5.74) is 3.66. The van der Waals surface area contributed by atoms with Gasteiger partial charge in [0.25, 0.3) is 0 Å². The first-order chi connectivity index (χ1) is 12.9. The molecule has 3 atom stereocenters. The van der Waals surface area contributed by atoms with Crippen molar-refractivity contribution in [2.45, 2.75) is 52.5 Å². The molecule has 4 nitrogen and oxygen atoms in total. The van der Waals surface area contributed by atoms with E-state index in [9.17, 15) is 4.79 Å². The first kappa shape index (κ1) is 18.8. The number of hydrogen-bond donors (Lipinski definition) is 1. The summed E-state index contributed by atoms with van der Waals surface area (Å²) in [7, 11) is 0. The van der Waals surface area contributed by atoms with E-state index >= 15 is 0 Å². The third-order valence-electron chi connectivity index (χ3n) is 6.29. The van der Waals surface area contributed by atoms with Gasteiger partial charge in [0.15, 0.2) is 0 Å². The maximum Gasteiger partial charge on any atom is 0.224 e. The Labute approximate surface area is 170 Å². The van der Waals surface area contributed by atoms with Crippen molar-refractivity contribution >= 4 is 34.8 Å². The molecule has 2 bridgehead atoms. The van der Waals surface area contributed by atoms with Crippen LogP contribution in [0.15, 0.2) is 18.2 Å². The highest BCUT2D eigenvalue weighted by atomic mass is 35.5. The van der Waals surface area contributed by atoms with Gasteiger partial charge < -0.3 is 5.32 Å². The third-order valence-corrected chi connectivity index (χ3v) is 7.03. The van der Waals surface area contributed by atoms with Crippen molar-refractivity contribution in [3.8, 4) is 0 Å². The monoisotopic (exact) mass is 405 g/mol. The quantitative estimate of drug-likeness (QED) is 0.701. The van der Waals surface area contributed by atoms with Gasteiger partial charge in [0.2, 0.25) is 5.91 Å². The van der Waals surface area contributed by atoms with Gasteiger partial charge in [0, 0.05) is 6.42 Å². The number of aryl methyl sites for hydroxylation is 1. The van der Waals surface area contributed by atoms with E-state index in [2.05, 4.69) is 10.4 Å². The summed E-state index contributed by atoms with van der Waals surface area (Å²) in [6, 6.07) is 5.59. The fourth-order valence-electron chi connectivity index (χ4n) is 4.90. The molecule has 1 aromatic heterocycles. The third kappa shape index (κ3) is 3.88. The molecule has 1 heterocycles. The molecular weight excluding hydrogens is 381 g/mol. The summed E-state index contributed by atoms with van der Waals surface area (Å²) in [5, 5.41) is 8.81. The van der Waals surface area contributed by atoms with Crippen LogP contribution in [0.5, 0.6) is 0 Å². The highest BCUT2D eigenvalue weighted by Crippen LogP contribution is 2.49. The van der Waals surface area contributed by atoms with E-state index in [0.29, 0.717) is 28.9 Å². The summed E-state index contributed by atoms with van der Waals surface area (Å²) in [4.78, 5) is 12.6. The summed E-state index contributed by atoms with van der Waals surface area (Å²) in [6.07, 6.45) is 5.87. The standard InChI is InChI=1S/C21H25Cl2N3O/c1-12-21(24-20(27)10-17-8-14-3-5-16(17)7-14)13(2)26(25-12)11-15-4-6-18(22)19(23)9-15/h4,6,9,14,16-17H,3,5,7-8,10-11H2,1-2H3,(H,24,27). The summed E-state index contributed by atoms with van der Waals surface area (Å²) >= 11 is 12.1. The molecule has 144 valence electrons. The molecule has 0 spiro atoms. The van der Waals surface area contributed by atoms with E-state index in [1.807, 2.05) is 30.7 Å². The molecule has 1 N–H and O–H groups in total. The zero-order valence-corrected chi connectivity index (χ0v) is 17.3. The predicted molar refractivity (Wildman–Crippen MR) is 109 cm³/mol. The van der Waals surface area contributed by atoms with Crippen LogP contribution < -0.4 is 5.32 Å². The first-order valence-corrected chi connectivity index (χ1v) is 10.4. The van der Waals surface area contributed by atoms with Crippen molar-refractivity contribution in [3.05, 3.63) is 45.2 Å². The molecule has 1 aromatic carbocycles. The lowest BCUT2D eigenvalue weighted by Gasteiger charge is -2.20. The SMILES string of the molecule is Cc1nn(Cc2ccc(Cl)c(Cl)c2)c(C)c1NC(=O)CC1CC2CCC1C2. The van der Waals surface area contributed by atoms with Gasteiger partial charge in [-0.05, 0) is 68.6 Å². The number of anilines is 1. The van der Waals surface area contributed by atoms with Gasteiger partial charge in [-0.25, -0.2) is 0 Å². The Balaban J connectivity index is 1.44. The van der Waals surface area contributed by atoms with Crippen LogP contribution in [0.2, 0.25) is 10.0 Å². The average molecular weight is 406 g/mol. The number of nitrogens with one attached hydrogen (secondary N) is 1. The summed E-state index contributed by atoms with van der Waals surface area (Å²) in [6.45, 7) is 4.52. The van der Waals surface area contributed by atoms with Crippen molar-refractivity contribution in [2.24, 2.45) is 17.8 Å². The molecule has 2 aliphatic rings. The second-order valence-corrected chi connectivity index (χ2v) is 8.95. The van der Waals surface area contributed by atoms with Gasteiger partial charge in [0.1, 0.15) is 0 Å². The smallest absolute Gasteiger partial charge is 0.224 e. The van der Waals surface area contributed by atoms with Crippen molar-refractivity contribution in [1.29, 1.82) is 0 Å². The summed E-state index contributed by atoms with van der Waals surface area (Å²) < 4.78 is 1.90. The number of carbonyl (C=O) groups excluding carboxylic acids is 1. The van der Waals surface area contributed by atoms with Crippen LogP contribution in [-0.2, 0) is 11.3 Å². The summed E-state index contributed by atoms with van der Waals surface area (Å²) in [5.74, 6) is 2.31. The second kappa shape index (κ2) is 7.48. The highest BCUT2D eigenvalue weighted by Gasteiger charge is 2.40. The maximum atomic E-state index is 12.6. The van der Waals surface area contributed by atoms with Crippen molar-refractivity contribution in [3.63, 3.8) is 0 Å². The Morgan fingerprint density at radius 2 is 2.04 bits per heavy atom. The van der Waals surface area contributed by atoms with Crippen LogP contribution in [0.25, 0.3) is 0 Å². The molecule has 0 radical (unpaired) electrons. The fourth-order valence-corrected chi connectivity index (χ4v) is 5.22. The molecule has 0 saturated heterocycles. The molecule has 4 rings (SSSR count). The molecule has 2 aromatic rings. The predicted octanol–water partition coefficient (Wildman–Crippen LogP) is 5.62. The van der Waals surface area contributed by atoms with E-state index in [1.165, 1.54) is 25.7 Å². The average Bonchev–Trinajstić information content (AvgIpc) is 3.30. The number of fused-ring (bicyclic) bond motifs is 2. The molecule has 2 saturated carbocycles. The Hall–Kier alpha value is -1.52. The number of halogens is 2. The fraction of sp³-hybridized carbons (Fsp3) is 0.524. The Kier molecular flexibility index (Phi) is 5.21. The minimum absolute atomic E-state index is 0.118. The number of amides is 1. The van der Waals surface area contributed by atoms with Crippen LogP contribution in [0.3, 0.4) is 0 Å². The van der Waals surface area contributed by atoms with Gasteiger partial charge >= 0.3 is 0 Å². The number of aromatic nitrogens is 2. The Bertz CT molecular complexity index is 877. The zero-order chi connectivity index (χ0) is 19.1. The van der Waals surface area contributed by atoms with Gasteiger partial charge in [-0.2, -0.15) is 5.10 Å². The lowest BCUT2D eigenvalue weighted by Crippen LogP contribution is -2.20. The second-order valence-electron chi connectivity index (χ2n) is 8.14. The number of rotatable bonds is 5. The van der Waals surface area contributed by atoms with E-state index in [4.69, 9.17) is 23.2 Å². The van der Waals surface area contributed by atoms with Crippen LogP contribution in [0, 0.1) is 31.6 Å². The lowest BCUT2D eigenvalue weighted by molar-refractivity contribution is -0.117. The van der Waals surface area contributed by atoms with Crippen molar-refractivity contribution < 1.29 is 4.79 Å². The Morgan fingerprint density at radius 1 is 1.22 bits per heavy atom. The van der Waals surface area contributed by atoms with Gasteiger partial charge in [-0.15, -0.1) is 0 Å². The number of carbonyl (C=O) groups is 1. The highest BCUT2D eigenvalue weighted by molar-refractivity contribution is 6.42. The zero-order valence-electron chi connectivity index (χ0n) is 15.8. The first-order valence-electron chi connectivity index (χ1n) is 9.68. The minimum Gasteiger partial charge on any atom is -0.323 e. The molecular formula is C21H25Cl2N3O. The normalized spacial score (nSPS) is 23.8. The molecule has 2 aliphatic carbocycles. The van der Waals surface area contributed by atoms with E-state index in [1.54, 1.807) is 6.07 Å². The number of benzene rings is 1.